The molecule has 0 amide bonds. The summed E-state index contributed by atoms with van der Waals surface area (Å²) in [6.07, 6.45) is -0.940. The van der Waals surface area contributed by atoms with Crippen molar-refractivity contribution in [3.05, 3.63) is 29.3 Å². The van der Waals surface area contributed by atoms with E-state index in [2.05, 4.69) is 0 Å². The van der Waals surface area contributed by atoms with Crippen LogP contribution in [0.3, 0.4) is 0 Å². The van der Waals surface area contributed by atoms with E-state index >= 15 is 0 Å². The van der Waals surface area contributed by atoms with Crippen molar-refractivity contribution in [2.75, 3.05) is 0 Å². The van der Waals surface area contributed by atoms with E-state index in [9.17, 15) is 9.90 Å². The van der Waals surface area contributed by atoms with Crippen LogP contribution in [0.5, 0.6) is 5.75 Å². The Balaban J connectivity index is 2.19. The molecule has 0 radical (unpaired) electrons. The zero-order valence-corrected chi connectivity index (χ0v) is 9.77. The van der Waals surface area contributed by atoms with Gasteiger partial charge in [0.25, 0.3) is 0 Å². The summed E-state index contributed by atoms with van der Waals surface area (Å²) < 4.78 is 11.5. The van der Waals surface area contributed by atoms with Crippen LogP contribution < -0.4 is 4.74 Å². The van der Waals surface area contributed by atoms with Crippen molar-refractivity contribution in [1.29, 1.82) is 0 Å². The van der Waals surface area contributed by atoms with Gasteiger partial charge in [0.15, 0.2) is 5.78 Å². The molecular formula is C13H14O4. The summed E-state index contributed by atoms with van der Waals surface area (Å²) in [7, 11) is 0. The molecule has 0 saturated carbocycles. The van der Waals surface area contributed by atoms with Crippen molar-refractivity contribution in [3.63, 3.8) is 0 Å². The molecule has 3 rings (SSSR count). The molecule has 1 aromatic rings. The molecule has 0 saturated heterocycles. The number of ketones is 1. The number of rotatable bonds is 0. The molecule has 1 aliphatic heterocycles. The Bertz CT molecular complexity index is 492. The van der Waals surface area contributed by atoms with Gasteiger partial charge in [0.05, 0.1) is 6.10 Å². The van der Waals surface area contributed by atoms with E-state index < -0.39 is 11.9 Å². The number of carbonyl (C=O) groups excluding carboxylic acids is 1. The van der Waals surface area contributed by atoms with Crippen molar-refractivity contribution in [3.8, 4) is 5.75 Å². The maximum absolute atomic E-state index is 11.9. The zero-order valence-electron chi connectivity index (χ0n) is 9.77. The monoisotopic (exact) mass is 234 g/mol. The summed E-state index contributed by atoms with van der Waals surface area (Å²) in [5, 5.41) is 9.74. The number of aliphatic hydroxyl groups excluding tert-OH is 1. The van der Waals surface area contributed by atoms with E-state index in [0.717, 1.165) is 5.56 Å². The van der Waals surface area contributed by atoms with Gasteiger partial charge in [0.2, 0.25) is 5.79 Å². The second-order valence-electron chi connectivity index (χ2n) is 4.94. The highest BCUT2D eigenvalue weighted by molar-refractivity contribution is 6.02. The summed E-state index contributed by atoms with van der Waals surface area (Å²) in [6.45, 7) is 3.65. The van der Waals surface area contributed by atoms with Crippen molar-refractivity contribution in [1.82, 2.24) is 0 Å². The molecule has 0 bridgehead atoms. The van der Waals surface area contributed by atoms with Crippen LogP contribution in [-0.4, -0.2) is 22.8 Å². The highest BCUT2D eigenvalue weighted by Gasteiger charge is 2.42. The standard InChI is InChI=1S/C13H14O4/c1-13(2)16-9-5-3-4-7-11(9)10(17-13)6-8(14)12(7)15/h3-5,8,10,14H,6H2,1-2H3/t8-,10+/m0/s1. The van der Waals surface area contributed by atoms with Crippen LogP contribution in [0.25, 0.3) is 0 Å². The SMILES string of the molecule is CC1(C)Oc2cccc3c2[C@@H](C[C@H](O)C3=O)O1. The lowest BCUT2D eigenvalue weighted by molar-refractivity contribution is -0.212. The molecule has 1 aliphatic carbocycles. The minimum Gasteiger partial charge on any atom is -0.463 e. The molecule has 0 spiro atoms. The lowest BCUT2D eigenvalue weighted by Crippen LogP contribution is -2.42. The summed E-state index contributed by atoms with van der Waals surface area (Å²) in [4.78, 5) is 11.9. The van der Waals surface area contributed by atoms with E-state index in [-0.39, 0.29) is 11.9 Å². The fourth-order valence-corrected chi connectivity index (χ4v) is 2.53. The van der Waals surface area contributed by atoms with Gasteiger partial charge < -0.3 is 14.6 Å². The Kier molecular flexibility index (Phi) is 2.09. The van der Waals surface area contributed by atoms with E-state index in [4.69, 9.17) is 9.47 Å². The van der Waals surface area contributed by atoms with Crippen LogP contribution in [0.1, 0.15) is 42.3 Å². The summed E-state index contributed by atoms with van der Waals surface area (Å²) in [5.41, 5.74) is 1.30. The maximum Gasteiger partial charge on any atom is 0.205 e. The summed E-state index contributed by atoms with van der Waals surface area (Å²) in [5.74, 6) is -0.287. The zero-order chi connectivity index (χ0) is 12.2. The van der Waals surface area contributed by atoms with Crippen LogP contribution >= 0.6 is 0 Å². The first-order chi connectivity index (χ1) is 7.98. The largest absolute Gasteiger partial charge is 0.463 e. The van der Waals surface area contributed by atoms with Gasteiger partial charge in [-0.05, 0) is 6.07 Å². The first-order valence-electron chi connectivity index (χ1n) is 5.70. The fourth-order valence-electron chi connectivity index (χ4n) is 2.53. The van der Waals surface area contributed by atoms with Gasteiger partial charge in [-0.3, -0.25) is 4.79 Å². The molecule has 1 N–H and O–H groups in total. The summed E-state index contributed by atoms with van der Waals surface area (Å²) >= 11 is 0. The van der Waals surface area contributed by atoms with E-state index in [1.807, 2.05) is 19.9 Å². The molecule has 0 unspecified atom stereocenters. The Morgan fingerprint density at radius 1 is 1.41 bits per heavy atom. The number of Topliss-reactive ketones (excluding diaryl/α,β-unsaturated/α-hetero) is 1. The first-order valence-corrected chi connectivity index (χ1v) is 5.70. The molecule has 1 heterocycles. The molecule has 0 aromatic heterocycles. The second-order valence-corrected chi connectivity index (χ2v) is 4.94. The first kappa shape index (κ1) is 10.7. The fraction of sp³-hybridized carbons (Fsp3) is 0.462. The van der Waals surface area contributed by atoms with Crippen molar-refractivity contribution >= 4 is 5.78 Å². The van der Waals surface area contributed by atoms with Gasteiger partial charge in [-0.2, -0.15) is 0 Å². The highest BCUT2D eigenvalue weighted by atomic mass is 16.7. The Labute approximate surface area is 99.2 Å². The topological polar surface area (TPSA) is 55.8 Å². The van der Waals surface area contributed by atoms with Crippen molar-refractivity contribution < 1.29 is 19.4 Å². The van der Waals surface area contributed by atoms with Gasteiger partial charge in [-0.1, -0.05) is 12.1 Å². The van der Waals surface area contributed by atoms with Gasteiger partial charge in [0, 0.05) is 31.4 Å². The molecular weight excluding hydrogens is 220 g/mol. The Morgan fingerprint density at radius 3 is 2.94 bits per heavy atom. The number of hydrogen-bond acceptors (Lipinski definition) is 4. The Hall–Kier alpha value is -1.39. The van der Waals surface area contributed by atoms with Gasteiger partial charge in [-0.25, -0.2) is 0 Å². The van der Waals surface area contributed by atoms with Crippen molar-refractivity contribution in [2.24, 2.45) is 0 Å². The number of carbonyl (C=O) groups is 1. The van der Waals surface area contributed by atoms with E-state index in [1.165, 1.54) is 0 Å². The molecule has 2 atom stereocenters. The van der Waals surface area contributed by atoms with Crippen LogP contribution in [0, 0.1) is 0 Å². The molecule has 0 fully saturated rings. The van der Waals surface area contributed by atoms with Gasteiger partial charge in [-0.15, -0.1) is 0 Å². The molecule has 17 heavy (non-hydrogen) atoms. The normalized spacial score (nSPS) is 29.5. The average Bonchev–Trinajstić information content (AvgIpc) is 2.23. The smallest absolute Gasteiger partial charge is 0.205 e. The van der Waals surface area contributed by atoms with Crippen LogP contribution in [0.2, 0.25) is 0 Å². The predicted molar refractivity (Wildman–Crippen MR) is 59.9 cm³/mol. The number of aliphatic hydroxyl groups is 1. The lowest BCUT2D eigenvalue weighted by atomic mass is 9.85. The second kappa shape index (κ2) is 3.31. The predicted octanol–water partition coefficient (Wildman–Crippen LogP) is 1.82. The average molecular weight is 234 g/mol. The number of hydrogen-bond donors (Lipinski definition) is 1. The maximum atomic E-state index is 11.9. The number of ether oxygens (including phenoxy) is 2. The lowest BCUT2D eigenvalue weighted by Gasteiger charge is -2.41. The number of benzene rings is 1. The highest BCUT2D eigenvalue weighted by Crippen LogP contribution is 2.45. The third-order valence-electron chi connectivity index (χ3n) is 3.18. The van der Waals surface area contributed by atoms with Gasteiger partial charge in [0.1, 0.15) is 11.9 Å². The van der Waals surface area contributed by atoms with Crippen LogP contribution in [-0.2, 0) is 4.74 Å². The minimum atomic E-state index is -0.975. The van der Waals surface area contributed by atoms with E-state index in [0.29, 0.717) is 17.7 Å². The molecule has 1 aromatic carbocycles. The van der Waals surface area contributed by atoms with Gasteiger partial charge >= 0.3 is 0 Å². The van der Waals surface area contributed by atoms with Crippen molar-refractivity contribution in [2.45, 2.75) is 38.3 Å². The van der Waals surface area contributed by atoms with E-state index in [1.54, 1.807) is 12.1 Å². The quantitative estimate of drug-likeness (QED) is 0.744. The molecule has 90 valence electrons. The summed E-state index contributed by atoms with van der Waals surface area (Å²) in [6, 6.07) is 5.31. The third kappa shape index (κ3) is 1.56. The molecule has 2 aliphatic rings. The molecule has 4 heteroatoms. The minimum absolute atomic E-state index is 0.245. The van der Waals surface area contributed by atoms with Crippen LogP contribution in [0.15, 0.2) is 18.2 Å². The van der Waals surface area contributed by atoms with Crippen LogP contribution in [0.4, 0.5) is 0 Å². The molecule has 4 nitrogen and oxygen atoms in total. The third-order valence-corrected chi connectivity index (χ3v) is 3.18. The Morgan fingerprint density at radius 2 is 2.18 bits per heavy atom.